The van der Waals surface area contributed by atoms with Crippen LogP contribution in [0.4, 0.5) is 0 Å². The molecule has 120 valence electrons. The van der Waals surface area contributed by atoms with Crippen molar-refractivity contribution in [2.24, 2.45) is 0 Å². The standard InChI is InChI=1S/C15H25NO4S/c1-13(14-7-5-4-6-8-14)11-21(18,19)16-12-15(2,17)9-10-20-3/h4-8,13,16-17H,9-12H2,1-3H3. The van der Waals surface area contributed by atoms with Gasteiger partial charge in [-0.1, -0.05) is 37.3 Å². The summed E-state index contributed by atoms with van der Waals surface area (Å²) in [5, 5.41) is 10.1. The molecule has 0 saturated heterocycles. The molecular formula is C15H25NO4S. The Balaban J connectivity index is 2.54. The molecule has 2 atom stereocenters. The van der Waals surface area contributed by atoms with Crippen LogP contribution in [-0.4, -0.2) is 45.1 Å². The van der Waals surface area contributed by atoms with Gasteiger partial charge in [-0.2, -0.15) is 0 Å². The number of aliphatic hydroxyl groups is 1. The molecular weight excluding hydrogens is 290 g/mol. The molecule has 0 bridgehead atoms. The summed E-state index contributed by atoms with van der Waals surface area (Å²) in [5.41, 5.74) is -0.131. The van der Waals surface area contributed by atoms with Crippen molar-refractivity contribution in [2.45, 2.75) is 31.8 Å². The predicted molar refractivity (Wildman–Crippen MR) is 83.8 cm³/mol. The maximum Gasteiger partial charge on any atom is 0.212 e. The second-order valence-corrected chi connectivity index (χ2v) is 7.51. The van der Waals surface area contributed by atoms with Gasteiger partial charge in [0.1, 0.15) is 0 Å². The van der Waals surface area contributed by atoms with Gasteiger partial charge in [0.05, 0.1) is 11.4 Å². The van der Waals surface area contributed by atoms with E-state index in [1.807, 2.05) is 37.3 Å². The summed E-state index contributed by atoms with van der Waals surface area (Å²) in [6, 6.07) is 9.50. The van der Waals surface area contributed by atoms with E-state index in [1.54, 1.807) is 14.0 Å². The van der Waals surface area contributed by atoms with Gasteiger partial charge in [0.25, 0.3) is 0 Å². The lowest BCUT2D eigenvalue weighted by molar-refractivity contribution is 0.0292. The van der Waals surface area contributed by atoms with Crippen LogP contribution in [0, 0.1) is 0 Å². The Hall–Kier alpha value is -0.950. The van der Waals surface area contributed by atoms with Gasteiger partial charge in [-0.05, 0) is 18.4 Å². The number of rotatable bonds is 9. The number of hydrogen-bond donors (Lipinski definition) is 2. The first-order valence-electron chi connectivity index (χ1n) is 6.99. The minimum absolute atomic E-state index is 0.00261. The Morgan fingerprint density at radius 1 is 1.33 bits per heavy atom. The average Bonchev–Trinajstić information content (AvgIpc) is 2.44. The summed E-state index contributed by atoms with van der Waals surface area (Å²) in [4.78, 5) is 0. The molecule has 2 unspecified atom stereocenters. The predicted octanol–water partition coefficient (Wildman–Crippen LogP) is 1.50. The zero-order valence-corrected chi connectivity index (χ0v) is 13.7. The fourth-order valence-corrected chi connectivity index (χ4v) is 3.44. The van der Waals surface area contributed by atoms with Gasteiger partial charge < -0.3 is 9.84 Å². The molecule has 0 radical (unpaired) electrons. The van der Waals surface area contributed by atoms with Crippen LogP contribution in [0.15, 0.2) is 30.3 Å². The molecule has 6 heteroatoms. The van der Waals surface area contributed by atoms with E-state index in [9.17, 15) is 13.5 Å². The van der Waals surface area contributed by atoms with Gasteiger partial charge in [0.2, 0.25) is 10.0 Å². The van der Waals surface area contributed by atoms with E-state index in [0.717, 1.165) is 5.56 Å². The molecule has 0 amide bonds. The number of ether oxygens (including phenoxy) is 1. The van der Waals surface area contributed by atoms with Gasteiger partial charge in [-0.15, -0.1) is 0 Å². The summed E-state index contributed by atoms with van der Waals surface area (Å²) in [6.07, 6.45) is 0.375. The van der Waals surface area contributed by atoms with Crippen molar-refractivity contribution in [1.29, 1.82) is 0 Å². The highest BCUT2D eigenvalue weighted by Crippen LogP contribution is 2.16. The second kappa shape index (κ2) is 7.89. The van der Waals surface area contributed by atoms with Gasteiger partial charge in [-0.3, -0.25) is 0 Å². The lowest BCUT2D eigenvalue weighted by Crippen LogP contribution is -2.42. The molecule has 0 aliphatic carbocycles. The van der Waals surface area contributed by atoms with Gasteiger partial charge in [-0.25, -0.2) is 13.1 Å². The molecule has 1 aromatic carbocycles. The average molecular weight is 315 g/mol. The molecule has 0 aromatic heterocycles. The number of sulfonamides is 1. The van der Waals surface area contributed by atoms with Gasteiger partial charge in [0.15, 0.2) is 0 Å². The van der Waals surface area contributed by atoms with E-state index >= 15 is 0 Å². The highest BCUT2D eigenvalue weighted by atomic mass is 32.2. The number of methoxy groups -OCH3 is 1. The van der Waals surface area contributed by atoms with E-state index < -0.39 is 15.6 Å². The van der Waals surface area contributed by atoms with Crippen LogP contribution in [0.3, 0.4) is 0 Å². The number of hydrogen-bond acceptors (Lipinski definition) is 4. The quantitative estimate of drug-likeness (QED) is 0.724. The van der Waals surface area contributed by atoms with Crippen LogP contribution >= 0.6 is 0 Å². The van der Waals surface area contributed by atoms with Crippen LogP contribution in [0.5, 0.6) is 0 Å². The fraction of sp³-hybridized carbons (Fsp3) is 0.600. The minimum Gasteiger partial charge on any atom is -0.389 e. The van der Waals surface area contributed by atoms with Crippen LogP contribution in [0.2, 0.25) is 0 Å². The Labute approximate surface area is 127 Å². The maximum absolute atomic E-state index is 12.1. The molecule has 0 aliphatic heterocycles. The van der Waals surface area contributed by atoms with E-state index in [4.69, 9.17) is 4.74 Å². The zero-order valence-electron chi connectivity index (χ0n) is 12.9. The van der Waals surface area contributed by atoms with E-state index in [1.165, 1.54) is 0 Å². The van der Waals surface area contributed by atoms with Crippen LogP contribution < -0.4 is 4.72 Å². The Morgan fingerprint density at radius 2 is 1.95 bits per heavy atom. The summed E-state index contributed by atoms with van der Waals surface area (Å²) < 4.78 is 31.5. The first kappa shape index (κ1) is 18.1. The molecule has 0 aliphatic rings. The lowest BCUT2D eigenvalue weighted by Gasteiger charge is -2.23. The first-order chi connectivity index (χ1) is 9.76. The topological polar surface area (TPSA) is 75.6 Å². The summed E-state index contributed by atoms with van der Waals surface area (Å²) in [7, 11) is -1.89. The van der Waals surface area contributed by atoms with Crippen molar-refractivity contribution in [3.05, 3.63) is 35.9 Å². The monoisotopic (exact) mass is 315 g/mol. The van der Waals surface area contributed by atoms with Crippen molar-refractivity contribution in [1.82, 2.24) is 4.72 Å². The van der Waals surface area contributed by atoms with Gasteiger partial charge in [0, 0.05) is 26.7 Å². The molecule has 0 spiro atoms. The van der Waals surface area contributed by atoms with Crippen molar-refractivity contribution >= 4 is 10.0 Å². The maximum atomic E-state index is 12.1. The van der Waals surface area contributed by atoms with Crippen LogP contribution in [0.25, 0.3) is 0 Å². The smallest absolute Gasteiger partial charge is 0.212 e. The molecule has 5 nitrogen and oxygen atoms in total. The van der Waals surface area contributed by atoms with E-state index in [-0.39, 0.29) is 18.2 Å². The summed E-state index contributed by atoms with van der Waals surface area (Å²) in [6.45, 7) is 3.84. The van der Waals surface area contributed by atoms with Crippen molar-refractivity contribution < 1.29 is 18.3 Å². The van der Waals surface area contributed by atoms with Gasteiger partial charge >= 0.3 is 0 Å². The molecule has 1 aromatic rings. The minimum atomic E-state index is -3.44. The fourth-order valence-electron chi connectivity index (χ4n) is 1.94. The molecule has 21 heavy (non-hydrogen) atoms. The first-order valence-corrected chi connectivity index (χ1v) is 8.64. The summed E-state index contributed by atoms with van der Waals surface area (Å²) in [5.74, 6) is -0.107. The number of nitrogens with one attached hydrogen (secondary N) is 1. The Bertz CT molecular complexity index is 514. The molecule has 0 heterocycles. The zero-order chi connectivity index (χ0) is 15.9. The largest absolute Gasteiger partial charge is 0.389 e. The van der Waals surface area contributed by atoms with E-state index in [0.29, 0.717) is 13.0 Å². The molecule has 0 fully saturated rings. The van der Waals surface area contributed by atoms with Crippen LogP contribution in [0.1, 0.15) is 31.7 Å². The SMILES string of the molecule is COCCC(C)(O)CNS(=O)(=O)CC(C)c1ccccc1. The third-order valence-electron chi connectivity index (χ3n) is 3.36. The molecule has 1 rings (SSSR count). The lowest BCUT2D eigenvalue weighted by atomic mass is 10.0. The third-order valence-corrected chi connectivity index (χ3v) is 4.88. The number of benzene rings is 1. The Morgan fingerprint density at radius 3 is 2.52 bits per heavy atom. The molecule has 2 N–H and O–H groups in total. The highest BCUT2D eigenvalue weighted by Gasteiger charge is 2.24. The van der Waals surface area contributed by atoms with E-state index in [2.05, 4.69) is 4.72 Å². The molecule has 0 saturated carbocycles. The van der Waals surface area contributed by atoms with Crippen molar-refractivity contribution in [2.75, 3.05) is 26.0 Å². The normalized spacial score (nSPS) is 16.4. The third kappa shape index (κ3) is 7.04. The highest BCUT2D eigenvalue weighted by molar-refractivity contribution is 7.89. The second-order valence-electron chi connectivity index (χ2n) is 5.65. The van der Waals surface area contributed by atoms with Crippen molar-refractivity contribution in [3.63, 3.8) is 0 Å². The summed E-state index contributed by atoms with van der Waals surface area (Å²) >= 11 is 0. The van der Waals surface area contributed by atoms with Crippen LogP contribution in [-0.2, 0) is 14.8 Å². The van der Waals surface area contributed by atoms with Crippen molar-refractivity contribution in [3.8, 4) is 0 Å². The Kier molecular flexibility index (Phi) is 6.80.